The van der Waals surface area contributed by atoms with Gasteiger partial charge in [0, 0.05) is 32.9 Å². The second-order valence-electron chi connectivity index (χ2n) is 7.43. The predicted molar refractivity (Wildman–Crippen MR) is 123 cm³/mol. The summed E-state index contributed by atoms with van der Waals surface area (Å²) in [6, 6.07) is 24.8. The lowest BCUT2D eigenvalue weighted by Gasteiger charge is -2.12. The number of primary amides is 1. The van der Waals surface area contributed by atoms with E-state index in [1.807, 2.05) is 6.07 Å². The monoisotopic (exact) mass is 442 g/mol. The summed E-state index contributed by atoms with van der Waals surface area (Å²) in [4.78, 5) is 12.1. The van der Waals surface area contributed by atoms with Crippen molar-refractivity contribution < 1.29 is 4.79 Å². The quantitative estimate of drug-likeness (QED) is 0.356. The lowest BCUT2D eigenvalue weighted by Crippen LogP contribution is -2.11. The molecule has 4 heteroatoms. The maximum absolute atomic E-state index is 12.1. The molecule has 0 spiro atoms. The molecule has 4 aromatic carbocycles. The third-order valence-electron chi connectivity index (χ3n) is 5.58. The highest BCUT2D eigenvalue weighted by Crippen LogP contribution is 2.35. The molecule has 1 aromatic heterocycles. The van der Waals surface area contributed by atoms with Gasteiger partial charge < -0.3 is 10.3 Å². The summed E-state index contributed by atoms with van der Waals surface area (Å²) >= 11 is 3.82. The number of halogens is 1. The van der Waals surface area contributed by atoms with E-state index in [1.165, 1.54) is 21.9 Å². The second kappa shape index (κ2) is 6.75. The molecule has 0 aliphatic heterocycles. The second-order valence-corrected chi connectivity index (χ2v) is 8.22. The summed E-state index contributed by atoms with van der Waals surface area (Å²) in [5, 5.41) is 4.38. The highest BCUT2D eigenvalue weighted by atomic mass is 79.9. The number of carbonyl (C=O) groups excluding carboxylic acids is 1. The Kier molecular flexibility index (Phi) is 4.18. The van der Waals surface area contributed by atoms with Crippen molar-refractivity contribution in [1.82, 2.24) is 4.57 Å². The summed E-state index contributed by atoms with van der Waals surface area (Å²) in [5.41, 5.74) is 10.7. The fourth-order valence-corrected chi connectivity index (χ4v) is 4.82. The standard InChI is InChI=1S/C25H19BrN2O/c1-15-9-12-19-22(13-15)28(21-8-4-7-20(23(19)21)25(27)29)14-17-11-10-16-5-2-3-6-18(16)24(17)26/h2-13H,14H2,1H3,(H2,27,29). The van der Waals surface area contributed by atoms with Crippen molar-refractivity contribution in [3.8, 4) is 0 Å². The number of nitrogens with zero attached hydrogens (tertiary/aromatic N) is 1. The highest BCUT2D eigenvalue weighted by Gasteiger charge is 2.17. The van der Waals surface area contributed by atoms with Crippen molar-refractivity contribution in [3.63, 3.8) is 0 Å². The number of aryl methyl sites for hydroxylation is 1. The van der Waals surface area contributed by atoms with Crippen molar-refractivity contribution >= 4 is 54.4 Å². The topological polar surface area (TPSA) is 48.0 Å². The molecule has 1 heterocycles. The van der Waals surface area contributed by atoms with Gasteiger partial charge in [0.25, 0.3) is 0 Å². The highest BCUT2D eigenvalue weighted by molar-refractivity contribution is 9.10. The van der Waals surface area contributed by atoms with Gasteiger partial charge in [-0.2, -0.15) is 0 Å². The zero-order valence-corrected chi connectivity index (χ0v) is 17.5. The van der Waals surface area contributed by atoms with Crippen LogP contribution in [0, 0.1) is 6.92 Å². The number of amides is 1. The van der Waals surface area contributed by atoms with Crippen molar-refractivity contribution in [3.05, 3.63) is 94.0 Å². The molecule has 0 bridgehead atoms. The SMILES string of the molecule is Cc1ccc2c3c(C(N)=O)cccc3n(Cc3ccc4ccccc4c3Br)c2c1. The Hall–Kier alpha value is -3.11. The van der Waals surface area contributed by atoms with Crippen LogP contribution in [-0.2, 0) is 6.54 Å². The first kappa shape index (κ1) is 18.0. The fraction of sp³-hybridized carbons (Fsp3) is 0.0800. The molecule has 0 saturated heterocycles. The van der Waals surface area contributed by atoms with Crippen molar-refractivity contribution in [2.24, 2.45) is 5.73 Å². The minimum absolute atomic E-state index is 0.401. The zero-order chi connectivity index (χ0) is 20.1. The van der Waals surface area contributed by atoms with E-state index < -0.39 is 5.91 Å². The van der Waals surface area contributed by atoms with Gasteiger partial charge in [0.05, 0.1) is 5.52 Å². The fourth-order valence-electron chi connectivity index (χ4n) is 4.20. The molecule has 0 aliphatic carbocycles. The van der Waals surface area contributed by atoms with E-state index in [1.54, 1.807) is 6.07 Å². The summed E-state index contributed by atoms with van der Waals surface area (Å²) in [7, 11) is 0. The van der Waals surface area contributed by atoms with E-state index in [9.17, 15) is 4.79 Å². The first-order valence-electron chi connectivity index (χ1n) is 9.52. The molecule has 0 atom stereocenters. The largest absolute Gasteiger partial charge is 0.366 e. The average molecular weight is 443 g/mol. The van der Waals surface area contributed by atoms with Crippen LogP contribution in [0.4, 0.5) is 0 Å². The molecule has 0 unspecified atom stereocenters. The van der Waals surface area contributed by atoms with Gasteiger partial charge in [-0.05, 0) is 63.0 Å². The number of fused-ring (bicyclic) bond motifs is 4. The van der Waals surface area contributed by atoms with Crippen molar-refractivity contribution in [2.75, 3.05) is 0 Å². The van der Waals surface area contributed by atoms with E-state index in [4.69, 9.17) is 5.73 Å². The molecule has 5 rings (SSSR count). The van der Waals surface area contributed by atoms with Crippen LogP contribution in [0.5, 0.6) is 0 Å². The Morgan fingerprint density at radius 2 is 1.76 bits per heavy atom. The lowest BCUT2D eigenvalue weighted by molar-refractivity contribution is 0.100. The van der Waals surface area contributed by atoms with Crippen molar-refractivity contribution in [1.29, 1.82) is 0 Å². The van der Waals surface area contributed by atoms with Gasteiger partial charge >= 0.3 is 0 Å². The van der Waals surface area contributed by atoms with Gasteiger partial charge in [-0.15, -0.1) is 0 Å². The number of nitrogens with two attached hydrogens (primary N) is 1. The van der Waals surface area contributed by atoms with E-state index >= 15 is 0 Å². The smallest absolute Gasteiger partial charge is 0.249 e. The van der Waals surface area contributed by atoms with Crippen LogP contribution >= 0.6 is 15.9 Å². The molecule has 0 aliphatic rings. The van der Waals surface area contributed by atoms with Crippen LogP contribution in [0.25, 0.3) is 32.6 Å². The molecule has 0 saturated carbocycles. The Morgan fingerprint density at radius 3 is 2.59 bits per heavy atom. The molecule has 1 amide bonds. The van der Waals surface area contributed by atoms with E-state index in [0.29, 0.717) is 12.1 Å². The Balaban J connectivity index is 1.81. The molecular formula is C25H19BrN2O. The van der Waals surface area contributed by atoms with Crippen LogP contribution in [0.2, 0.25) is 0 Å². The minimum Gasteiger partial charge on any atom is -0.366 e. The third kappa shape index (κ3) is 2.83. The summed E-state index contributed by atoms with van der Waals surface area (Å²) < 4.78 is 3.38. The first-order chi connectivity index (χ1) is 14.0. The van der Waals surface area contributed by atoms with Crippen LogP contribution in [0.3, 0.4) is 0 Å². The molecule has 0 radical (unpaired) electrons. The summed E-state index contributed by atoms with van der Waals surface area (Å²) in [6.45, 7) is 2.78. The van der Waals surface area contributed by atoms with Gasteiger partial charge in [0.15, 0.2) is 0 Å². The van der Waals surface area contributed by atoms with Crippen LogP contribution < -0.4 is 5.73 Å². The number of hydrogen-bond acceptors (Lipinski definition) is 1. The maximum atomic E-state index is 12.1. The van der Waals surface area contributed by atoms with Gasteiger partial charge in [0.2, 0.25) is 5.91 Å². The van der Waals surface area contributed by atoms with Gasteiger partial charge in [-0.3, -0.25) is 4.79 Å². The van der Waals surface area contributed by atoms with Crippen LogP contribution in [-0.4, -0.2) is 10.5 Å². The summed E-state index contributed by atoms with van der Waals surface area (Å²) in [6.07, 6.45) is 0. The number of hydrogen-bond donors (Lipinski definition) is 1. The van der Waals surface area contributed by atoms with Gasteiger partial charge in [0.1, 0.15) is 0 Å². The number of benzene rings is 4. The molecule has 29 heavy (non-hydrogen) atoms. The number of rotatable bonds is 3. The number of carbonyl (C=O) groups is 1. The molecule has 2 N–H and O–H groups in total. The normalized spacial score (nSPS) is 11.5. The van der Waals surface area contributed by atoms with Crippen LogP contribution in [0.1, 0.15) is 21.5 Å². The predicted octanol–water partition coefficient (Wildman–Crippen LogP) is 6.17. The molecule has 3 nitrogen and oxygen atoms in total. The minimum atomic E-state index is -0.401. The molecule has 142 valence electrons. The Bertz CT molecular complexity index is 1430. The molecule has 0 fully saturated rings. The summed E-state index contributed by atoms with van der Waals surface area (Å²) in [5.74, 6) is -0.401. The van der Waals surface area contributed by atoms with Crippen LogP contribution in [0.15, 0.2) is 77.3 Å². The number of aromatic nitrogens is 1. The Labute approximate surface area is 176 Å². The molecule has 5 aromatic rings. The van der Waals surface area contributed by atoms with Gasteiger partial charge in [-0.1, -0.05) is 54.6 Å². The van der Waals surface area contributed by atoms with Crippen molar-refractivity contribution in [2.45, 2.75) is 13.5 Å². The van der Waals surface area contributed by atoms with Gasteiger partial charge in [-0.25, -0.2) is 0 Å². The van der Waals surface area contributed by atoms with E-state index in [2.05, 4.69) is 88.1 Å². The van der Waals surface area contributed by atoms with E-state index in [-0.39, 0.29) is 0 Å². The Morgan fingerprint density at radius 1 is 0.931 bits per heavy atom. The first-order valence-corrected chi connectivity index (χ1v) is 10.3. The maximum Gasteiger partial charge on any atom is 0.249 e. The third-order valence-corrected chi connectivity index (χ3v) is 6.52. The average Bonchev–Trinajstić information content (AvgIpc) is 3.03. The zero-order valence-electron chi connectivity index (χ0n) is 15.9. The lowest BCUT2D eigenvalue weighted by atomic mass is 10.1. The molecular weight excluding hydrogens is 424 g/mol. The van der Waals surface area contributed by atoms with E-state index in [0.717, 1.165) is 26.3 Å².